The van der Waals surface area contributed by atoms with Crippen LogP contribution in [0.3, 0.4) is 0 Å². The Hall–Kier alpha value is -1.89. The van der Waals surface area contributed by atoms with Crippen molar-refractivity contribution in [1.29, 1.82) is 0 Å². The largest absolute Gasteiger partial charge is 0.478 e. The molecule has 3 N–H and O–H groups in total. The summed E-state index contributed by atoms with van der Waals surface area (Å²) < 4.78 is 0. The van der Waals surface area contributed by atoms with Crippen molar-refractivity contribution in [3.05, 3.63) is 16.5 Å². The summed E-state index contributed by atoms with van der Waals surface area (Å²) in [5.41, 5.74) is 0.0789. The maximum absolute atomic E-state index is 11.8. The summed E-state index contributed by atoms with van der Waals surface area (Å²) in [6.45, 7) is 1.77. The van der Waals surface area contributed by atoms with E-state index in [0.717, 1.165) is 4.88 Å². The molecule has 1 fully saturated rings. The highest BCUT2D eigenvalue weighted by Crippen LogP contribution is 2.28. The molecule has 7 heteroatoms. The minimum Gasteiger partial charge on any atom is -0.478 e. The molecule has 6 nitrogen and oxygen atoms in total. The summed E-state index contributed by atoms with van der Waals surface area (Å²) in [5, 5.41) is 14.4. The van der Waals surface area contributed by atoms with Gasteiger partial charge >= 0.3 is 5.97 Å². The Bertz CT molecular complexity index is 523. The van der Waals surface area contributed by atoms with Gasteiger partial charge in [0, 0.05) is 11.3 Å². The Morgan fingerprint density at radius 2 is 2.28 bits per heavy atom. The van der Waals surface area contributed by atoms with Crippen LogP contribution in [0.4, 0.5) is 5.00 Å². The molecule has 1 aliphatic rings. The fourth-order valence-corrected chi connectivity index (χ4v) is 2.68. The van der Waals surface area contributed by atoms with Crippen LogP contribution in [0.15, 0.2) is 6.07 Å². The van der Waals surface area contributed by atoms with E-state index in [9.17, 15) is 14.4 Å². The van der Waals surface area contributed by atoms with Gasteiger partial charge in [0.15, 0.2) is 0 Å². The predicted octanol–water partition coefficient (Wildman–Crippen LogP) is 0.972. The van der Waals surface area contributed by atoms with Gasteiger partial charge in [-0.2, -0.15) is 0 Å². The second-order valence-electron chi connectivity index (χ2n) is 4.05. The average Bonchev–Trinajstić information content (AvgIpc) is 2.85. The van der Waals surface area contributed by atoms with Gasteiger partial charge in [-0.25, -0.2) is 4.79 Å². The zero-order valence-corrected chi connectivity index (χ0v) is 10.5. The van der Waals surface area contributed by atoms with Crippen LogP contribution in [0.25, 0.3) is 0 Å². The van der Waals surface area contributed by atoms with Gasteiger partial charge in [-0.05, 0) is 19.4 Å². The number of thiophene rings is 1. The molecule has 1 aliphatic heterocycles. The molecule has 0 aromatic carbocycles. The van der Waals surface area contributed by atoms with Crippen molar-refractivity contribution >= 4 is 34.1 Å². The van der Waals surface area contributed by atoms with Gasteiger partial charge in [0.05, 0.1) is 5.56 Å². The predicted molar refractivity (Wildman–Crippen MR) is 65.8 cm³/mol. The third-order valence-corrected chi connectivity index (χ3v) is 3.60. The van der Waals surface area contributed by atoms with Crippen molar-refractivity contribution in [3.8, 4) is 0 Å². The van der Waals surface area contributed by atoms with Crippen LogP contribution in [0.2, 0.25) is 0 Å². The first-order valence-electron chi connectivity index (χ1n) is 5.41. The first kappa shape index (κ1) is 12.6. The van der Waals surface area contributed by atoms with Crippen molar-refractivity contribution in [2.75, 3.05) is 5.32 Å². The number of hydrogen-bond acceptors (Lipinski definition) is 4. The van der Waals surface area contributed by atoms with Crippen LogP contribution >= 0.6 is 11.3 Å². The Morgan fingerprint density at radius 3 is 2.83 bits per heavy atom. The fourth-order valence-electron chi connectivity index (χ4n) is 1.78. The topological polar surface area (TPSA) is 95.5 Å². The average molecular weight is 268 g/mol. The molecule has 2 amide bonds. The highest BCUT2D eigenvalue weighted by Gasteiger charge is 2.28. The quantitative estimate of drug-likeness (QED) is 0.761. The second kappa shape index (κ2) is 4.77. The van der Waals surface area contributed by atoms with E-state index < -0.39 is 12.0 Å². The molecule has 0 bridgehead atoms. The van der Waals surface area contributed by atoms with Crippen molar-refractivity contribution < 1.29 is 19.5 Å². The first-order chi connectivity index (χ1) is 8.47. The number of carboxylic acid groups (broad SMARTS) is 1. The van der Waals surface area contributed by atoms with Crippen LogP contribution < -0.4 is 10.6 Å². The molecule has 1 aromatic rings. The van der Waals surface area contributed by atoms with Gasteiger partial charge in [-0.3, -0.25) is 9.59 Å². The zero-order chi connectivity index (χ0) is 13.3. The lowest BCUT2D eigenvalue weighted by molar-refractivity contribution is -0.122. The Morgan fingerprint density at radius 1 is 1.56 bits per heavy atom. The molecule has 0 spiro atoms. The molecule has 2 rings (SSSR count). The first-order valence-corrected chi connectivity index (χ1v) is 6.23. The molecule has 18 heavy (non-hydrogen) atoms. The van der Waals surface area contributed by atoms with Crippen LogP contribution in [0.1, 0.15) is 28.1 Å². The lowest BCUT2D eigenvalue weighted by Crippen LogP contribution is -2.37. The molecule has 2 heterocycles. The smallest absolute Gasteiger partial charge is 0.338 e. The summed E-state index contributed by atoms with van der Waals surface area (Å²) in [6.07, 6.45) is 0.769. The molecule has 0 radical (unpaired) electrons. The Balaban J connectivity index is 2.11. The summed E-state index contributed by atoms with van der Waals surface area (Å²) in [6, 6.07) is 0.942. The van der Waals surface area contributed by atoms with E-state index in [4.69, 9.17) is 5.11 Å². The number of carbonyl (C=O) groups is 3. The summed E-state index contributed by atoms with van der Waals surface area (Å²) in [5.74, 6) is -1.61. The van der Waals surface area contributed by atoms with Gasteiger partial charge in [0.1, 0.15) is 11.0 Å². The van der Waals surface area contributed by atoms with Crippen LogP contribution in [-0.4, -0.2) is 28.9 Å². The number of nitrogens with one attached hydrogen (secondary N) is 2. The highest BCUT2D eigenvalue weighted by molar-refractivity contribution is 7.16. The minimum absolute atomic E-state index is 0.0789. The Kier molecular flexibility index (Phi) is 3.33. The monoisotopic (exact) mass is 268 g/mol. The van der Waals surface area contributed by atoms with E-state index in [2.05, 4.69) is 10.6 Å². The molecule has 0 aliphatic carbocycles. The minimum atomic E-state index is -1.08. The van der Waals surface area contributed by atoms with Crippen LogP contribution in [0.5, 0.6) is 0 Å². The van der Waals surface area contributed by atoms with Crippen LogP contribution in [0, 0.1) is 6.92 Å². The third kappa shape index (κ3) is 2.51. The fraction of sp³-hybridized carbons (Fsp3) is 0.364. The molecule has 1 atom stereocenters. The lowest BCUT2D eigenvalue weighted by atomic mass is 10.2. The van der Waals surface area contributed by atoms with E-state index in [0.29, 0.717) is 17.8 Å². The second-order valence-corrected chi connectivity index (χ2v) is 5.31. The van der Waals surface area contributed by atoms with Gasteiger partial charge < -0.3 is 15.7 Å². The van der Waals surface area contributed by atoms with E-state index in [1.165, 1.54) is 17.4 Å². The number of carboxylic acids is 1. The van der Waals surface area contributed by atoms with Crippen molar-refractivity contribution in [2.24, 2.45) is 0 Å². The number of aromatic carboxylic acids is 1. The maximum atomic E-state index is 11.8. The molecular weight excluding hydrogens is 256 g/mol. The molecule has 96 valence electrons. The van der Waals surface area contributed by atoms with E-state index in [1.54, 1.807) is 6.92 Å². The number of anilines is 1. The lowest BCUT2D eigenvalue weighted by Gasteiger charge is -2.09. The van der Waals surface area contributed by atoms with Gasteiger partial charge in [-0.1, -0.05) is 0 Å². The molecule has 0 saturated carbocycles. The number of rotatable bonds is 3. The summed E-state index contributed by atoms with van der Waals surface area (Å²) in [4.78, 5) is 34.6. The van der Waals surface area contributed by atoms with Gasteiger partial charge in [0.2, 0.25) is 11.8 Å². The van der Waals surface area contributed by atoms with Gasteiger partial charge in [-0.15, -0.1) is 11.3 Å². The highest BCUT2D eigenvalue weighted by atomic mass is 32.1. The maximum Gasteiger partial charge on any atom is 0.338 e. The van der Waals surface area contributed by atoms with Crippen molar-refractivity contribution in [3.63, 3.8) is 0 Å². The summed E-state index contributed by atoms with van der Waals surface area (Å²) in [7, 11) is 0. The number of amides is 2. The summed E-state index contributed by atoms with van der Waals surface area (Å²) >= 11 is 1.21. The SMILES string of the molecule is Cc1cc(C(=O)O)c(NC(=O)[C@H]2CCC(=O)N2)s1. The number of aryl methyl sites for hydroxylation is 1. The Labute approximate surface area is 107 Å². The van der Waals surface area contributed by atoms with E-state index in [1.807, 2.05) is 0 Å². The van der Waals surface area contributed by atoms with Crippen LogP contribution in [-0.2, 0) is 9.59 Å². The standard InChI is InChI=1S/C11H12N2O4S/c1-5-4-6(11(16)17)10(18-5)13-9(15)7-2-3-8(14)12-7/h4,7H,2-3H2,1H3,(H,12,14)(H,13,15)(H,16,17)/t7-/m1/s1. The van der Waals surface area contributed by atoms with Crippen molar-refractivity contribution in [2.45, 2.75) is 25.8 Å². The molecule has 0 unspecified atom stereocenters. The zero-order valence-electron chi connectivity index (χ0n) is 9.65. The number of carbonyl (C=O) groups excluding carboxylic acids is 2. The van der Waals surface area contributed by atoms with E-state index in [-0.39, 0.29) is 17.4 Å². The van der Waals surface area contributed by atoms with Gasteiger partial charge in [0.25, 0.3) is 0 Å². The third-order valence-electron chi connectivity index (χ3n) is 2.63. The molecule has 1 aromatic heterocycles. The normalized spacial score (nSPS) is 18.5. The molecular formula is C11H12N2O4S. The molecule has 1 saturated heterocycles. The van der Waals surface area contributed by atoms with Crippen molar-refractivity contribution in [1.82, 2.24) is 5.32 Å². The number of hydrogen-bond donors (Lipinski definition) is 3. The van der Waals surface area contributed by atoms with E-state index >= 15 is 0 Å².